The Morgan fingerprint density at radius 3 is 0.466 bits per heavy atom. The van der Waals surface area contributed by atoms with Crippen molar-refractivity contribution >= 4 is 95.3 Å². The number of fused-ring (bicyclic) bond motifs is 8. The van der Waals surface area contributed by atoms with Gasteiger partial charge < -0.3 is 79.7 Å². The molecule has 0 saturated carbocycles. The van der Waals surface area contributed by atoms with Crippen molar-refractivity contribution in [1.82, 2.24) is 0 Å². The maximum atomic E-state index is 10.1. The van der Waals surface area contributed by atoms with Crippen LogP contribution < -0.4 is 102 Å². The molecular weight excluding hydrogens is 1830 g/mol. The molecule has 21 rings (SSSR count). The predicted octanol–water partition coefficient (Wildman–Crippen LogP) is 32.2. The summed E-state index contributed by atoms with van der Waals surface area (Å²) in [5.74, 6) is 7.41. The number of ether oxygens (including phenoxy) is 8. The lowest BCUT2D eigenvalue weighted by Gasteiger charge is -2.30. The van der Waals surface area contributed by atoms with Crippen LogP contribution in [0.4, 0.5) is 45.5 Å². The average molecular weight is 1970 g/mol. The van der Waals surface area contributed by atoms with Gasteiger partial charge >= 0.3 is 27.9 Å². The Balaban J connectivity index is 0.841. The van der Waals surface area contributed by atoms with Crippen molar-refractivity contribution in [2.45, 2.75) is 308 Å². The van der Waals surface area contributed by atoms with Crippen LogP contribution in [0.5, 0.6) is 92.0 Å². The zero-order chi connectivity index (χ0) is 101. The number of nitrogens with zero attached hydrogens (tertiary/aromatic N) is 4. The molecule has 12 aromatic carbocycles. The molecule has 0 spiro atoms. The van der Waals surface area contributed by atoms with Crippen molar-refractivity contribution in [2.75, 3.05) is 41.8 Å². The zero-order valence-corrected chi connectivity index (χ0v) is 86.4. The van der Waals surface area contributed by atoms with Gasteiger partial charge in [0.1, 0.15) is 46.0 Å². The van der Waals surface area contributed by atoms with Gasteiger partial charge in [-0.1, -0.05) is 307 Å². The van der Waals surface area contributed by atoms with Crippen LogP contribution in [0.3, 0.4) is 0 Å². The van der Waals surface area contributed by atoms with Gasteiger partial charge in [-0.2, -0.15) is 21.0 Å². The first kappa shape index (κ1) is 99.6. The van der Waals surface area contributed by atoms with E-state index in [4.69, 9.17) is 37.9 Å². The van der Waals surface area contributed by atoms with Crippen LogP contribution in [0.2, 0.25) is 0 Å². The van der Waals surface area contributed by atoms with Crippen LogP contribution in [0.15, 0.2) is 194 Å². The largest absolute Gasteiger partial charge is 0.453 e. The molecule has 1 aliphatic carbocycles. The molecule has 8 N–H and O–H groups in total. The number of benzene rings is 12. The molecule has 0 fully saturated rings. The summed E-state index contributed by atoms with van der Waals surface area (Å²) in [6, 6.07) is 75.7. The van der Waals surface area contributed by atoms with Gasteiger partial charge in [0.15, 0.2) is 46.0 Å². The van der Waals surface area contributed by atoms with Crippen molar-refractivity contribution in [3.63, 3.8) is 0 Å². The van der Waals surface area contributed by atoms with E-state index in [9.17, 15) is 21.0 Å². The molecule has 148 heavy (non-hydrogen) atoms. The maximum absolute atomic E-state index is 10.1. The van der Waals surface area contributed by atoms with Gasteiger partial charge in [0.05, 0.1) is 92.0 Å². The summed E-state index contributed by atoms with van der Waals surface area (Å²) >= 11 is 0. The van der Waals surface area contributed by atoms with Crippen LogP contribution in [0.1, 0.15) is 375 Å². The van der Waals surface area contributed by atoms with Crippen molar-refractivity contribution in [1.29, 1.82) is 21.0 Å². The number of hydrogen-bond acceptors (Lipinski definition) is 20. The number of nitriles is 4. The van der Waals surface area contributed by atoms with Gasteiger partial charge in [-0.25, -0.2) is 0 Å². The molecule has 0 radical (unpaired) electrons. The highest BCUT2D eigenvalue weighted by Crippen LogP contribution is 2.62. The molecule has 0 aromatic heterocycles. The molecule has 0 saturated heterocycles. The molecule has 24 heteroatoms. The lowest BCUT2D eigenvalue weighted by Crippen LogP contribution is -2.41. The van der Waals surface area contributed by atoms with E-state index in [0.717, 1.165) is 240 Å². The highest BCUT2D eigenvalue weighted by Gasteiger charge is 2.43. The van der Waals surface area contributed by atoms with Gasteiger partial charge in [0, 0.05) is 141 Å². The summed E-state index contributed by atoms with van der Waals surface area (Å²) in [6.45, 7) is 7.71. The predicted molar refractivity (Wildman–Crippen MR) is 602 cm³/mol. The van der Waals surface area contributed by atoms with Crippen LogP contribution in [0.25, 0.3) is 0 Å². The summed E-state index contributed by atoms with van der Waals surface area (Å²) in [7, 11) is 0. The summed E-state index contributed by atoms with van der Waals surface area (Å²) in [5.41, 5.74) is 20.7. The second-order valence-electron chi connectivity index (χ2n) is 42.4. The van der Waals surface area contributed by atoms with E-state index in [1.807, 2.05) is 97.1 Å². The highest BCUT2D eigenvalue weighted by atomic mass is 16.5. The quantitative estimate of drug-likeness (QED) is 0.0130. The lowest BCUT2D eigenvalue weighted by molar-refractivity contribution is 0.400. The highest BCUT2D eigenvalue weighted by molar-refractivity contribution is 6.82. The van der Waals surface area contributed by atoms with Crippen molar-refractivity contribution < 1.29 is 37.9 Å². The minimum atomic E-state index is -0.379. The summed E-state index contributed by atoms with van der Waals surface area (Å²) in [5, 5.41) is 71.0. The van der Waals surface area contributed by atoms with E-state index in [1.165, 1.54) is 128 Å². The second kappa shape index (κ2) is 46.8. The molecule has 8 aliphatic heterocycles. The van der Waals surface area contributed by atoms with E-state index in [1.54, 1.807) is 0 Å². The zero-order valence-electron chi connectivity index (χ0n) is 86.4. The third-order valence-electron chi connectivity index (χ3n) is 31.9. The topological polar surface area (TPSA) is 265 Å². The maximum Gasteiger partial charge on any atom is 0.406 e. The number of rotatable bonds is 44. The smallest absolute Gasteiger partial charge is 0.406 e. The Bertz CT molecular complexity index is 5920. The van der Waals surface area contributed by atoms with Crippen molar-refractivity contribution in [2.24, 2.45) is 0 Å². The van der Waals surface area contributed by atoms with E-state index >= 15 is 0 Å². The molecule has 20 nitrogen and oxygen atoms in total. The third kappa shape index (κ3) is 22.3. The van der Waals surface area contributed by atoms with Gasteiger partial charge in [-0.05, 0) is 120 Å². The van der Waals surface area contributed by atoms with Crippen molar-refractivity contribution in [3.05, 3.63) is 261 Å². The third-order valence-corrected chi connectivity index (χ3v) is 31.9. The number of anilines is 8. The van der Waals surface area contributed by atoms with E-state index in [0.29, 0.717) is 114 Å². The van der Waals surface area contributed by atoms with Crippen LogP contribution >= 0.6 is 0 Å². The Hall–Kier alpha value is -14.3. The standard InChI is InChI=1S/C124H136B4N12O8/c1-5-9-13-17-21-25-29-33-37-41-89-93-61-95-90(42-38-34-30-26-22-18-14-10-6-2)97-63-99-92(44-40-36-32-28-24-20-16-12-8-4)100-64-98-91(43-39-35-31-27-23-19-15-11-7-3)96-62-94(89)110-74-112(96)144-120-68-104-106(138-127(136-104)87-57-49-83(79-131)50-58-87)70-122(120)146-114(98)76-116(100)148-124-72-108-107(139-128(140-108)88-59-51-84(80-132)52-60-88)71-123(124)147-115(99)75-113(97)145-121-69-105-103(135-126(137-105)86-55-47-82(78-130)48-56-86)67-119(121)143-111(95)73-109(93)141-117-65-101-102(66-118(117)142-110)134-125(133-101)85-53-45-81(77-129)46-54-85/h45-76,89-92,133-140H,5-44H2,1-4H3. The first-order valence-electron chi connectivity index (χ1n) is 55.9. The molecule has 0 amide bonds. The number of hydrogen-bond donors (Lipinski definition) is 8. The molecule has 0 atom stereocenters. The lowest BCUT2D eigenvalue weighted by atomic mass is 9.69. The summed E-state index contributed by atoms with van der Waals surface area (Å²) in [4.78, 5) is 0. The molecule has 752 valence electrons. The number of unbranched alkanes of at least 4 members (excludes halogenated alkanes) is 32. The summed E-state index contributed by atoms with van der Waals surface area (Å²) in [6.07, 6.45) is 44.3. The fourth-order valence-electron chi connectivity index (χ4n) is 23.7. The Morgan fingerprint density at radius 2 is 0.324 bits per heavy atom. The molecule has 8 bridgehead atoms. The van der Waals surface area contributed by atoms with Crippen LogP contribution in [-0.2, 0) is 0 Å². The normalized spacial score (nSPS) is 15.7. The van der Waals surface area contributed by atoms with Gasteiger partial charge in [0.25, 0.3) is 0 Å². The van der Waals surface area contributed by atoms with Gasteiger partial charge in [0.2, 0.25) is 0 Å². The molecule has 8 heterocycles. The van der Waals surface area contributed by atoms with Crippen molar-refractivity contribution in [3.8, 4) is 116 Å². The fourth-order valence-corrected chi connectivity index (χ4v) is 23.7. The van der Waals surface area contributed by atoms with Gasteiger partial charge in [-0.15, -0.1) is 0 Å². The summed E-state index contributed by atoms with van der Waals surface area (Å²) < 4.78 is 64.5. The van der Waals surface area contributed by atoms with E-state index < -0.39 is 0 Å². The fraction of sp³-hybridized carbons (Fsp3) is 0.387. The van der Waals surface area contributed by atoms with Gasteiger partial charge in [-0.3, -0.25) is 0 Å². The molecular formula is C124H136B4N12O8. The van der Waals surface area contributed by atoms with E-state index in [2.05, 4.69) is 191 Å². The molecule has 0 unspecified atom stereocenters. The Kier molecular flexibility index (Phi) is 31.5. The monoisotopic (exact) mass is 1970 g/mol. The van der Waals surface area contributed by atoms with Crippen LogP contribution in [-0.4, -0.2) is 27.9 Å². The Labute approximate surface area is 875 Å². The van der Waals surface area contributed by atoms with Crippen LogP contribution in [0, 0.1) is 45.3 Å². The minimum Gasteiger partial charge on any atom is -0.453 e. The SMILES string of the molecule is CCCCCCCCCCCC1c2cc3c4cc2Oc2cc5c(cc2Oc2cc6c(cc21)C(CCCCCCCCCCC)c1cc2c(cc1Oc1cc7c(cc1O6)NB(c1ccc(C#N)cc1)N7)Oc1cc6c(cc1Oc1cc(c(cc1C2CCCCCCCCCCC)C3CCCCCCCCCCC)Oc1cc2c(cc1O4)NB(c1ccc(C#N)cc1)N2)NB(c1ccc(C#N)cc1)N6)NB(c1ccc(C#N)cc1)N5. The second-order valence-corrected chi connectivity index (χ2v) is 42.4. The first-order valence-corrected chi connectivity index (χ1v) is 55.9. The molecule has 12 aromatic rings. The number of nitrogens with one attached hydrogen (secondary N) is 8. The average Bonchev–Trinajstić information content (AvgIpc) is 1.08. The first-order chi connectivity index (χ1) is 72.9. The minimum absolute atomic E-state index is 0.368. The molecule has 9 aliphatic rings. The van der Waals surface area contributed by atoms with E-state index in [-0.39, 0.29) is 51.6 Å². The Morgan fingerprint density at radius 1 is 0.182 bits per heavy atom.